The van der Waals surface area contributed by atoms with E-state index >= 15 is 0 Å². The summed E-state index contributed by atoms with van der Waals surface area (Å²) in [6.07, 6.45) is 4.42. The highest BCUT2D eigenvalue weighted by Gasteiger charge is 2.27. The summed E-state index contributed by atoms with van der Waals surface area (Å²) in [5.74, 6) is 2.36. The monoisotopic (exact) mass is 305 g/mol. The smallest absolute Gasteiger partial charge is 0.321 e. The summed E-state index contributed by atoms with van der Waals surface area (Å²) >= 11 is 1.45. The molecule has 1 aliphatic heterocycles. The van der Waals surface area contributed by atoms with Gasteiger partial charge in [-0.25, -0.2) is 4.79 Å². The van der Waals surface area contributed by atoms with Crippen molar-refractivity contribution in [1.29, 1.82) is 0 Å². The predicted molar refractivity (Wildman–Crippen MR) is 76.1 cm³/mol. The average Bonchev–Trinajstić information content (AvgIpc) is 2.88. The second-order valence-electron chi connectivity index (χ2n) is 5.32. The number of amides is 2. The van der Waals surface area contributed by atoms with Gasteiger partial charge in [-0.15, -0.1) is 20.4 Å². The molecule has 3 heterocycles. The van der Waals surface area contributed by atoms with Crippen LogP contribution in [0.3, 0.4) is 0 Å². The van der Waals surface area contributed by atoms with Gasteiger partial charge in [-0.1, -0.05) is 11.3 Å². The van der Waals surface area contributed by atoms with Gasteiger partial charge >= 0.3 is 6.03 Å². The van der Waals surface area contributed by atoms with E-state index < -0.39 is 0 Å². The first-order valence-corrected chi connectivity index (χ1v) is 7.90. The number of aromatic nitrogens is 5. The molecule has 0 aromatic carbocycles. The minimum absolute atomic E-state index is 0.288. The van der Waals surface area contributed by atoms with Gasteiger partial charge in [-0.05, 0) is 19.3 Å². The summed E-state index contributed by atoms with van der Waals surface area (Å²) in [6, 6.07) is -0.288. The third kappa shape index (κ3) is 2.60. The van der Waals surface area contributed by atoms with E-state index in [1.807, 2.05) is 0 Å². The van der Waals surface area contributed by atoms with Crippen LogP contribution in [-0.4, -0.2) is 31.0 Å². The summed E-state index contributed by atoms with van der Waals surface area (Å²) in [4.78, 5) is 11.9. The zero-order valence-corrected chi connectivity index (χ0v) is 12.2. The van der Waals surface area contributed by atoms with Gasteiger partial charge in [0.2, 0.25) is 5.13 Å². The van der Waals surface area contributed by atoms with E-state index in [2.05, 4.69) is 35.6 Å². The van der Waals surface area contributed by atoms with Gasteiger partial charge in [0.25, 0.3) is 0 Å². The van der Waals surface area contributed by atoms with Gasteiger partial charge in [0, 0.05) is 18.9 Å². The van der Waals surface area contributed by atoms with Crippen LogP contribution in [0.2, 0.25) is 0 Å². The van der Waals surface area contributed by atoms with Crippen molar-refractivity contribution in [3.63, 3.8) is 0 Å². The summed E-state index contributed by atoms with van der Waals surface area (Å²) in [5.41, 5.74) is 0. The highest BCUT2D eigenvalue weighted by molar-refractivity contribution is 7.15. The van der Waals surface area contributed by atoms with E-state index in [9.17, 15) is 4.79 Å². The molecule has 2 aliphatic rings. The molecule has 2 amide bonds. The Labute approximate surface area is 125 Å². The molecule has 2 aromatic heterocycles. The van der Waals surface area contributed by atoms with Gasteiger partial charge < -0.3 is 9.88 Å². The van der Waals surface area contributed by atoms with Crippen molar-refractivity contribution in [2.24, 2.45) is 0 Å². The second-order valence-corrected chi connectivity index (χ2v) is 6.32. The SMILES string of the molecule is O=C(NCc1nnc2n1CCC2)Nc1nnc(C2CC2)s1. The fraction of sp³-hybridized carbons (Fsp3) is 0.583. The number of nitrogens with zero attached hydrogens (tertiary/aromatic N) is 5. The number of urea groups is 1. The Balaban J connectivity index is 1.32. The van der Waals surface area contributed by atoms with E-state index in [0.717, 1.165) is 36.0 Å². The molecular formula is C12H15N7OS. The van der Waals surface area contributed by atoms with Gasteiger partial charge in [-0.2, -0.15) is 0 Å². The minimum atomic E-state index is -0.288. The number of carbonyl (C=O) groups excluding carboxylic acids is 1. The molecule has 0 spiro atoms. The number of nitrogens with one attached hydrogen (secondary N) is 2. The molecule has 1 fully saturated rings. The van der Waals surface area contributed by atoms with Crippen LogP contribution in [0.4, 0.5) is 9.93 Å². The largest absolute Gasteiger partial charge is 0.331 e. The van der Waals surface area contributed by atoms with Crippen LogP contribution in [0.15, 0.2) is 0 Å². The van der Waals surface area contributed by atoms with E-state index in [4.69, 9.17) is 0 Å². The van der Waals surface area contributed by atoms with Crippen molar-refractivity contribution >= 4 is 22.5 Å². The number of aryl methyl sites for hydroxylation is 1. The molecule has 110 valence electrons. The van der Waals surface area contributed by atoms with E-state index in [0.29, 0.717) is 17.6 Å². The quantitative estimate of drug-likeness (QED) is 0.886. The van der Waals surface area contributed by atoms with Crippen molar-refractivity contribution < 1.29 is 4.79 Å². The Morgan fingerprint density at radius 2 is 2.19 bits per heavy atom. The summed E-state index contributed by atoms with van der Waals surface area (Å²) in [5, 5.41) is 23.3. The van der Waals surface area contributed by atoms with Crippen molar-refractivity contribution in [3.8, 4) is 0 Å². The molecular weight excluding hydrogens is 290 g/mol. The van der Waals surface area contributed by atoms with Gasteiger partial charge in [-0.3, -0.25) is 5.32 Å². The first kappa shape index (κ1) is 12.7. The molecule has 1 saturated carbocycles. The molecule has 0 saturated heterocycles. The molecule has 0 radical (unpaired) electrons. The van der Waals surface area contributed by atoms with Crippen LogP contribution >= 0.6 is 11.3 Å². The summed E-state index contributed by atoms with van der Waals surface area (Å²) in [6.45, 7) is 1.30. The molecule has 4 rings (SSSR count). The molecule has 0 atom stereocenters. The highest BCUT2D eigenvalue weighted by atomic mass is 32.1. The Morgan fingerprint density at radius 1 is 1.29 bits per heavy atom. The maximum absolute atomic E-state index is 11.9. The van der Waals surface area contributed by atoms with Crippen LogP contribution in [0.5, 0.6) is 0 Å². The summed E-state index contributed by atoms with van der Waals surface area (Å²) < 4.78 is 2.07. The van der Waals surface area contributed by atoms with Crippen LogP contribution in [0.25, 0.3) is 0 Å². The van der Waals surface area contributed by atoms with Gasteiger partial charge in [0.1, 0.15) is 10.8 Å². The number of hydrogen-bond donors (Lipinski definition) is 2. The Hall–Kier alpha value is -2.03. The number of rotatable bonds is 4. The molecule has 8 nitrogen and oxygen atoms in total. The van der Waals surface area contributed by atoms with Crippen LogP contribution in [0, 0.1) is 0 Å². The van der Waals surface area contributed by atoms with E-state index in [1.54, 1.807) is 0 Å². The maximum atomic E-state index is 11.9. The van der Waals surface area contributed by atoms with Crippen molar-refractivity contribution in [1.82, 2.24) is 30.3 Å². The first-order valence-electron chi connectivity index (χ1n) is 7.09. The normalized spacial score (nSPS) is 16.8. The molecule has 2 N–H and O–H groups in total. The van der Waals surface area contributed by atoms with Crippen molar-refractivity contribution in [3.05, 3.63) is 16.7 Å². The van der Waals surface area contributed by atoms with Crippen LogP contribution < -0.4 is 10.6 Å². The molecule has 21 heavy (non-hydrogen) atoms. The zero-order chi connectivity index (χ0) is 14.2. The average molecular weight is 305 g/mol. The highest BCUT2D eigenvalue weighted by Crippen LogP contribution is 2.41. The Bertz CT molecular complexity index is 675. The summed E-state index contributed by atoms with van der Waals surface area (Å²) in [7, 11) is 0. The maximum Gasteiger partial charge on any atom is 0.321 e. The molecule has 0 unspecified atom stereocenters. The Morgan fingerprint density at radius 3 is 3.05 bits per heavy atom. The third-order valence-electron chi connectivity index (χ3n) is 3.68. The molecule has 0 bridgehead atoms. The lowest BCUT2D eigenvalue weighted by atomic mass is 10.4. The minimum Gasteiger partial charge on any atom is -0.331 e. The third-order valence-corrected chi connectivity index (χ3v) is 4.68. The number of hydrogen-bond acceptors (Lipinski definition) is 6. The number of anilines is 1. The van der Waals surface area contributed by atoms with Gasteiger partial charge in [0.15, 0.2) is 5.82 Å². The number of fused-ring (bicyclic) bond motifs is 1. The van der Waals surface area contributed by atoms with Crippen molar-refractivity contribution in [2.45, 2.75) is 44.7 Å². The standard InChI is InChI=1S/C12H15N7OS/c20-11(14-12-18-17-10(21-12)7-3-4-7)13-6-9-16-15-8-2-1-5-19(8)9/h7H,1-6H2,(H2,13,14,18,20). The van der Waals surface area contributed by atoms with E-state index in [-0.39, 0.29) is 6.03 Å². The zero-order valence-electron chi connectivity index (χ0n) is 11.4. The fourth-order valence-electron chi connectivity index (χ4n) is 2.42. The first-order chi connectivity index (χ1) is 10.3. The molecule has 1 aliphatic carbocycles. The lowest BCUT2D eigenvalue weighted by Crippen LogP contribution is -2.29. The Kier molecular flexibility index (Phi) is 3.06. The van der Waals surface area contributed by atoms with E-state index in [1.165, 1.54) is 24.2 Å². The second kappa shape index (κ2) is 5.06. The van der Waals surface area contributed by atoms with Gasteiger partial charge in [0.05, 0.1) is 6.54 Å². The fourth-order valence-corrected chi connectivity index (χ4v) is 3.33. The molecule has 9 heteroatoms. The number of carbonyl (C=O) groups is 1. The topological polar surface area (TPSA) is 97.6 Å². The van der Waals surface area contributed by atoms with Crippen LogP contribution in [-0.2, 0) is 19.5 Å². The lowest BCUT2D eigenvalue weighted by Gasteiger charge is -2.05. The van der Waals surface area contributed by atoms with Crippen LogP contribution in [0.1, 0.15) is 41.8 Å². The lowest BCUT2D eigenvalue weighted by molar-refractivity contribution is 0.251. The predicted octanol–water partition coefficient (Wildman–Crippen LogP) is 1.27. The van der Waals surface area contributed by atoms with Crippen molar-refractivity contribution in [2.75, 3.05) is 5.32 Å². The molecule has 2 aromatic rings.